The van der Waals surface area contributed by atoms with Gasteiger partial charge in [-0.2, -0.15) is 0 Å². The molecule has 0 aliphatic carbocycles. The van der Waals surface area contributed by atoms with E-state index in [0.29, 0.717) is 4.31 Å². The molecule has 9 nitrogen and oxygen atoms in total. The Morgan fingerprint density at radius 3 is 2.38 bits per heavy atom. The molecule has 3 N–H and O–H groups in total. The van der Waals surface area contributed by atoms with Crippen LogP contribution in [0.1, 0.15) is 6.42 Å². The number of hydrogen-bond donors (Lipinski definition) is 3. The van der Waals surface area contributed by atoms with E-state index in [9.17, 15) is 22.8 Å². The van der Waals surface area contributed by atoms with Gasteiger partial charge in [-0.3, -0.25) is 18.7 Å². The molecule has 0 aliphatic heterocycles. The lowest BCUT2D eigenvalue weighted by molar-refractivity contribution is -0.136. The molecule has 130 valence electrons. The topological polar surface area (TPSA) is 140 Å². The summed E-state index contributed by atoms with van der Waals surface area (Å²) in [5.74, 6) is -1.23. The number of aromatic nitrogens is 2. The number of carbonyl (C=O) groups is 1. The van der Waals surface area contributed by atoms with E-state index in [-0.39, 0.29) is 26.8 Å². The van der Waals surface area contributed by atoms with Crippen LogP contribution in [0, 0.1) is 0 Å². The fourth-order valence-electron chi connectivity index (χ4n) is 2.06. The summed E-state index contributed by atoms with van der Waals surface area (Å²) < 4.78 is 24.9. The van der Waals surface area contributed by atoms with Crippen molar-refractivity contribution in [2.24, 2.45) is 0 Å². The minimum atomic E-state index is -3.95. The van der Waals surface area contributed by atoms with E-state index < -0.39 is 40.1 Å². The van der Waals surface area contributed by atoms with Crippen molar-refractivity contribution in [1.82, 2.24) is 9.97 Å². The Kier molecular flexibility index (Phi) is 4.92. The smallest absolute Gasteiger partial charge is 0.314 e. The predicted molar refractivity (Wildman–Crippen MR) is 89.7 cm³/mol. The third-order valence-electron chi connectivity index (χ3n) is 3.07. The Bertz CT molecular complexity index is 1040. The largest absolute Gasteiger partial charge is 0.481 e. The van der Waals surface area contributed by atoms with E-state index in [0.717, 1.165) is 6.26 Å². The summed E-state index contributed by atoms with van der Waals surface area (Å²) in [4.78, 5) is 38.3. The maximum Gasteiger partial charge on any atom is 0.314 e. The number of rotatable bonds is 5. The number of nitrogens with one attached hydrogen (secondary N) is 2. The Hall–Kier alpha value is -2.04. The summed E-state index contributed by atoms with van der Waals surface area (Å²) in [5.41, 5.74) is -2.22. The summed E-state index contributed by atoms with van der Waals surface area (Å²) in [6.45, 7) is -0.440. The highest BCUT2D eigenvalue weighted by Crippen LogP contribution is 2.38. The van der Waals surface area contributed by atoms with Gasteiger partial charge in [0.1, 0.15) is 0 Å². The third-order valence-corrected chi connectivity index (χ3v) is 5.01. The SMILES string of the molecule is CS(=O)(=O)N(CCC(=O)O)c1c(Cl)c(Cl)cc2[nH]c(=O)c(=O)[nH]c12. The van der Waals surface area contributed by atoms with Gasteiger partial charge in [-0.1, -0.05) is 23.2 Å². The fourth-order valence-corrected chi connectivity index (χ4v) is 3.50. The van der Waals surface area contributed by atoms with Crippen molar-refractivity contribution in [3.63, 3.8) is 0 Å². The average Bonchev–Trinajstić information content (AvgIpc) is 2.44. The first-order valence-corrected chi connectivity index (χ1v) is 8.96. The zero-order valence-electron chi connectivity index (χ0n) is 12.1. The number of benzene rings is 1. The number of carboxylic acid groups (broad SMARTS) is 1. The van der Waals surface area contributed by atoms with Gasteiger partial charge in [0, 0.05) is 6.54 Å². The second-order valence-electron chi connectivity index (χ2n) is 4.83. The average molecular weight is 396 g/mol. The molecule has 1 heterocycles. The minimum Gasteiger partial charge on any atom is -0.481 e. The van der Waals surface area contributed by atoms with Crippen molar-refractivity contribution in [1.29, 1.82) is 0 Å². The third kappa shape index (κ3) is 3.55. The molecule has 0 spiro atoms. The molecule has 24 heavy (non-hydrogen) atoms. The molecule has 12 heteroatoms. The summed E-state index contributed by atoms with van der Waals surface area (Å²) in [5, 5.41) is 8.52. The molecule has 0 saturated carbocycles. The Morgan fingerprint density at radius 1 is 1.25 bits per heavy atom. The van der Waals surface area contributed by atoms with Crippen LogP contribution in [0.25, 0.3) is 11.0 Å². The number of aliphatic carboxylic acids is 1. The molecule has 0 bridgehead atoms. The van der Waals surface area contributed by atoms with Crippen molar-refractivity contribution < 1.29 is 18.3 Å². The molecule has 0 unspecified atom stereocenters. The van der Waals surface area contributed by atoms with Crippen molar-refractivity contribution >= 4 is 55.9 Å². The number of carboxylic acids is 1. The highest BCUT2D eigenvalue weighted by atomic mass is 35.5. The maximum atomic E-state index is 12.1. The molecule has 0 fully saturated rings. The molecule has 1 aromatic heterocycles. The van der Waals surface area contributed by atoms with Gasteiger partial charge in [-0.15, -0.1) is 0 Å². The van der Waals surface area contributed by atoms with E-state index >= 15 is 0 Å². The van der Waals surface area contributed by atoms with Gasteiger partial charge in [0.05, 0.1) is 39.4 Å². The normalized spacial score (nSPS) is 11.6. The van der Waals surface area contributed by atoms with Crippen LogP contribution >= 0.6 is 23.2 Å². The van der Waals surface area contributed by atoms with Crippen molar-refractivity contribution in [3.05, 3.63) is 36.8 Å². The van der Waals surface area contributed by atoms with Gasteiger partial charge >= 0.3 is 17.1 Å². The zero-order chi connectivity index (χ0) is 18.2. The summed E-state index contributed by atoms with van der Waals surface area (Å²) >= 11 is 12.0. The first kappa shape index (κ1) is 18.3. The molecular formula is C12H11Cl2N3O6S. The van der Waals surface area contributed by atoms with Crippen LogP contribution in [0.15, 0.2) is 15.7 Å². The van der Waals surface area contributed by atoms with Gasteiger partial charge in [0.15, 0.2) is 0 Å². The molecule has 2 rings (SSSR count). The predicted octanol–water partition coefficient (Wildman–Crippen LogP) is 0.764. The van der Waals surface area contributed by atoms with Crippen LogP contribution in [0.4, 0.5) is 5.69 Å². The van der Waals surface area contributed by atoms with Crippen LogP contribution < -0.4 is 15.4 Å². The highest BCUT2D eigenvalue weighted by Gasteiger charge is 2.26. The number of hydrogen-bond acceptors (Lipinski definition) is 5. The van der Waals surface area contributed by atoms with Crippen molar-refractivity contribution in [2.45, 2.75) is 6.42 Å². The first-order valence-electron chi connectivity index (χ1n) is 6.36. The van der Waals surface area contributed by atoms with E-state index in [4.69, 9.17) is 28.3 Å². The molecule has 1 aromatic carbocycles. The van der Waals surface area contributed by atoms with Gasteiger partial charge in [-0.05, 0) is 6.07 Å². The van der Waals surface area contributed by atoms with Gasteiger partial charge in [0.2, 0.25) is 10.0 Å². The Balaban J connectivity index is 2.87. The second kappa shape index (κ2) is 6.46. The number of anilines is 1. The van der Waals surface area contributed by atoms with Crippen LogP contribution in [-0.2, 0) is 14.8 Å². The van der Waals surface area contributed by atoms with Crippen molar-refractivity contribution in [2.75, 3.05) is 17.1 Å². The molecule has 0 saturated heterocycles. The molecule has 0 radical (unpaired) electrons. The van der Waals surface area contributed by atoms with Crippen LogP contribution in [0.3, 0.4) is 0 Å². The van der Waals surface area contributed by atoms with Crippen molar-refractivity contribution in [3.8, 4) is 0 Å². The van der Waals surface area contributed by atoms with E-state index in [1.54, 1.807) is 0 Å². The lowest BCUT2D eigenvalue weighted by Crippen LogP contribution is -2.34. The molecular weight excluding hydrogens is 385 g/mol. The second-order valence-corrected chi connectivity index (χ2v) is 7.52. The summed E-state index contributed by atoms with van der Waals surface area (Å²) in [7, 11) is -3.95. The maximum absolute atomic E-state index is 12.1. The lowest BCUT2D eigenvalue weighted by Gasteiger charge is -2.24. The Labute approximate surface area is 144 Å². The first-order chi connectivity index (χ1) is 11.0. The number of halogens is 2. The number of sulfonamides is 1. The van der Waals surface area contributed by atoms with E-state index in [1.165, 1.54) is 6.07 Å². The quantitative estimate of drug-likeness (QED) is 0.638. The van der Waals surface area contributed by atoms with Gasteiger partial charge in [-0.25, -0.2) is 8.42 Å². The molecule has 2 aromatic rings. The number of aromatic amines is 2. The fraction of sp³-hybridized carbons (Fsp3) is 0.250. The van der Waals surface area contributed by atoms with E-state index in [1.807, 2.05) is 0 Å². The standard InChI is InChI=1S/C12H11Cl2N3O6S/c1-24(22,23)17(3-2-7(18)19)10-8(14)5(13)4-6-9(10)16-12(21)11(20)15-6/h4H,2-3H2,1H3,(H,15,20)(H,16,21)(H,18,19). The van der Waals surface area contributed by atoms with Crippen LogP contribution in [0.2, 0.25) is 10.0 Å². The molecule has 0 atom stereocenters. The number of fused-ring (bicyclic) bond motifs is 1. The van der Waals surface area contributed by atoms with E-state index in [2.05, 4.69) is 9.97 Å². The molecule has 0 aliphatic rings. The number of H-pyrrole nitrogens is 2. The monoisotopic (exact) mass is 395 g/mol. The zero-order valence-corrected chi connectivity index (χ0v) is 14.4. The number of nitrogens with zero attached hydrogens (tertiary/aromatic N) is 1. The highest BCUT2D eigenvalue weighted by molar-refractivity contribution is 7.92. The van der Waals surface area contributed by atoms with Crippen LogP contribution in [-0.4, -0.2) is 42.3 Å². The van der Waals surface area contributed by atoms with Gasteiger partial charge in [0.25, 0.3) is 0 Å². The summed E-state index contributed by atoms with van der Waals surface area (Å²) in [6, 6.07) is 1.25. The Morgan fingerprint density at radius 2 is 1.83 bits per heavy atom. The summed E-state index contributed by atoms with van der Waals surface area (Å²) in [6.07, 6.45) is 0.340. The lowest BCUT2D eigenvalue weighted by atomic mass is 10.2. The van der Waals surface area contributed by atoms with Gasteiger partial charge < -0.3 is 15.1 Å². The molecule has 0 amide bonds. The minimum absolute atomic E-state index is 0.0491. The van der Waals surface area contributed by atoms with Crippen LogP contribution in [0.5, 0.6) is 0 Å².